The third kappa shape index (κ3) is 9.84. The molecule has 0 fully saturated rings. The fraction of sp³-hybridized carbons (Fsp3) is 0.524. The van der Waals surface area contributed by atoms with Crippen molar-refractivity contribution in [2.45, 2.75) is 46.1 Å². The SMILES string of the molecule is CCO[Si](CCCCC(=O)Oc1ccc(/C=C/C(=O)OC)cc1)(OCC)OCC. The highest BCUT2D eigenvalue weighted by Gasteiger charge is 2.39. The Hall–Kier alpha value is -2.00. The number of hydrogen-bond donors (Lipinski definition) is 0. The van der Waals surface area contributed by atoms with E-state index < -0.39 is 14.8 Å². The van der Waals surface area contributed by atoms with Gasteiger partial charge in [0, 0.05) is 38.4 Å². The molecule has 8 heteroatoms. The number of ether oxygens (including phenoxy) is 2. The van der Waals surface area contributed by atoms with Gasteiger partial charge < -0.3 is 22.8 Å². The van der Waals surface area contributed by atoms with E-state index in [1.54, 1.807) is 30.3 Å². The average Bonchev–Trinajstić information content (AvgIpc) is 2.71. The molecule has 0 aromatic heterocycles. The minimum absolute atomic E-state index is 0.292. The quantitative estimate of drug-likeness (QED) is 0.147. The van der Waals surface area contributed by atoms with Gasteiger partial charge in [0.25, 0.3) is 0 Å². The van der Waals surface area contributed by atoms with E-state index in [1.807, 2.05) is 20.8 Å². The van der Waals surface area contributed by atoms with Crippen LogP contribution >= 0.6 is 0 Å². The molecule has 0 atom stereocenters. The molecule has 0 unspecified atom stereocenters. The highest BCUT2D eigenvalue weighted by atomic mass is 28.4. The van der Waals surface area contributed by atoms with Gasteiger partial charge in [0.15, 0.2) is 0 Å². The van der Waals surface area contributed by atoms with Gasteiger partial charge in [-0.3, -0.25) is 4.79 Å². The lowest BCUT2D eigenvalue weighted by Gasteiger charge is -2.28. The van der Waals surface area contributed by atoms with Crippen LogP contribution in [0.15, 0.2) is 30.3 Å². The summed E-state index contributed by atoms with van der Waals surface area (Å²) in [6.07, 6.45) is 4.69. The number of carbonyl (C=O) groups excluding carboxylic acids is 2. The fourth-order valence-corrected chi connectivity index (χ4v) is 5.36. The Morgan fingerprint density at radius 2 is 1.52 bits per heavy atom. The largest absolute Gasteiger partial charge is 0.500 e. The molecular formula is C21H32O7Si. The van der Waals surface area contributed by atoms with Crippen molar-refractivity contribution < 1.29 is 32.3 Å². The van der Waals surface area contributed by atoms with E-state index in [1.165, 1.54) is 13.2 Å². The number of methoxy groups -OCH3 is 1. The standard InChI is InChI=1S/C21H32O7Si/c1-5-25-29(26-6-2,27-7-3)17-9-8-10-21(23)28-19-14-11-18(12-15-19)13-16-20(22)24-4/h11-16H,5-10,17H2,1-4H3/b16-13+. The first-order valence-electron chi connectivity index (χ1n) is 9.97. The van der Waals surface area contributed by atoms with Gasteiger partial charge in [-0.05, 0) is 57.4 Å². The van der Waals surface area contributed by atoms with Gasteiger partial charge in [-0.2, -0.15) is 0 Å². The molecule has 1 aromatic carbocycles. The monoisotopic (exact) mass is 424 g/mol. The van der Waals surface area contributed by atoms with Crippen molar-refractivity contribution in [3.8, 4) is 5.75 Å². The Morgan fingerprint density at radius 3 is 2.03 bits per heavy atom. The van der Waals surface area contributed by atoms with E-state index in [0.717, 1.165) is 12.0 Å². The van der Waals surface area contributed by atoms with E-state index in [4.69, 9.17) is 18.0 Å². The lowest BCUT2D eigenvalue weighted by molar-refractivity contribution is -0.135. The summed E-state index contributed by atoms with van der Waals surface area (Å²) in [5, 5.41) is 0. The van der Waals surface area contributed by atoms with Crippen molar-refractivity contribution in [3.63, 3.8) is 0 Å². The molecule has 0 saturated heterocycles. The third-order valence-corrected chi connectivity index (χ3v) is 7.08. The number of unbranched alkanes of at least 4 members (excludes halogenated alkanes) is 1. The molecule has 1 aromatic rings. The molecule has 1 rings (SSSR count). The zero-order valence-corrected chi connectivity index (χ0v) is 18.8. The van der Waals surface area contributed by atoms with E-state index >= 15 is 0 Å². The van der Waals surface area contributed by atoms with E-state index in [0.29, 0.717) is 44.5 Å². The number of rotatable bonds is 14. The molecule has 0 heterocycles. The van der Waals surface area contributed by atoms with Crippen LogP contribution in [0.5, 0.6) is 5.75 Å². The van der Waals surface area contributed by atoms with Gasteiger partial charge >= 0.3 is 20.7 Å². The van der Waals surface area contributed by atoms with Crippen LogP contribution in [-0.2, 0) is 27.6 Å². The summed E-state index contributed by atoms with van der Waals surface area (Å²) in [6, 6.07) is 7.57. The van der Waals surface area contributed by atoms with Crippen LogP contribution < -0.4 is 4.74 Å². The van der Waals surface area contributed by atoms with Crippen LogP contribution in [0.4, 0.5) is 0 Å². The van der Waals surface area contributed by atoms with Gasteiger partial charge in [0.2, 0.25) is 0 Å². The number of esters is 2. The second kappa shape index (κ2) is 14.1. The summed E-state index contributed by atoms with van der Waals surface area (Å²) >= 11 is 0. The first kappa shape index (κ1) is 25.0. The molecule has 0 radical (unpaired) electrons. The first-order valence-corrected chi connectivity index (χ1v) is 11.9. The van der Waals surface area contributed by atoms with E-state index in [2.05, 4.69) is 4.74 Å². The molecule has 0 saturated carbocycles. The van der Waals surface area contributed by atoms with Crippen LogP contribution in [0.3, 0.4) is 0 Å². The van der Waals surface area contributed by atoms with Gasteiger partial charge in [-0.25, -0.2) is 4.79 Å². The maximum absolute atomic E-state index is 12.1. The van der Waals surface area contributed by atoms with Crippen LogP contribution in [0.1, 0.15) is 45.6 Å². The predicted molar refractivity (Wildman–Crippen MR) is 112 cm³/mol. The van der Waals surface area contributed by atoms with Crippen LogP contribution in [0, 0.1) is 0 Å². The molecule has 7 nitrogen and oxygen atoms in total. The van der Waals surface area contributed by atoms with Crippen molar-refractivity contribution in [1.82, 2.24) is 0 Å². The summed E-state index contributed by atoms with van der Waals surface area (Å²) in [5.41, 5.74) is 0.805. The van der Waals surface area contributed by atoms with Crippen molar-refractivity contribution in [2.24, 2.45) is 0 Å². The van der Waals surface area contributed by atoms with Gasteiger partial charge in [-0.15, -0.1) is 0 Å². The maximum Gasteiger partial charge on any atom is 0.500 e. The predicted octanol–water partition coefficient (Wildman–Crippen LogP) is 4.00. The minimum atomic E-state index is -2.66. The van der Waals surface area contributed by atoms with Crippen molar-refractivity contribution in [2.75, 3.05) is 26.9 Å². The fourth-order valence-electron chi connectivity index (χ4n) is 2.67. The zero-order valence-electron chi connectivity index (χ0n) is 17.8. The molecule has 29 heavy (non-hydrogen) atoms. The van der Waals surface area contributed by atoms with Gasteiger partial charge in [0.05, 0.1) is 7.11 Å². The summed E-state index contributed by atoms with van der Waals surface area (Å²) in [4.78, 5) is 23.2. The molecular weight excluding hydrogens is 392 g/mol. The third-order valence-electron chi connectivity index (χ3n) is 3.93. The number of benzene rings is 1. The van der Waals surface area contributed by atoms with Crippen molar-refractivity contribution in [3.05, 3.63) is 35.9 Å². The highest BCUT2D eigenvalue weighted by Crippen LogP contribution is 2.20. The zero-order chi connectivity index (χ0) is 21.5. The lowest BCUT2D eigenvalue weighted by atomic mass is 10.2. The first-order chi connectivity index (χ1) is 14.0. The Labute approximate surface area is 174 Å². The van der Waals surface area contributed by atoms with Crippen molar-refractivity contribution in [1.29, 1.82) is 0 Å². The average molecular weight is 425 g/mol. The Bertz CT molecular complexity index is 626. The molecule has 0 N–H and O–H groups in total. The normalized spacial score (nSPS) is 11.6. The Balaban J connectivity index is 2.44. The summed E-state index contributed by atoms with van der Waals surface area (Å²) in [6.45, 7) is 7.40. The van der Waals surface area contributed by atoms with Gasteiger partial charge in [-0.1, -0.05) is 12.1 Å². The highest BCUT2D eigenvalue weighted by molar-refractivity contribution is 6.60. The summed E-state index contributed by atoms with van der Waals surface area (Å²) < 4.78 is 27.3. The molecule has 0 aliphatic carbocycles. The van der Waals surface area contributed by atoms with Crippen LogP contribution in [0.25, 0.3) is 6.08 Å². The second-order valence-corrected chi connectivity index (χ2v) is 8.82. The molecule has 0 bridgehead atoms. The number of hydrogen-bond acceptors (Lipinski definition) is 7. The van der Waals surface area contributed by atoms with E-state index in [9.17, 15) is 9.59 Å². The Morgan fingerprint density at radius 1 is 0.931 bits per heavy atom. The minimum Gasteiger partial charge on any atom is -0.466 e. The van der Waals surface area contributed by atoms with Crippen LogP contribution in [0.2, 0.25) is 6.04 Å². The van der Waals surface area contributed by atoms with Crippen molar-refractivity contribution >= 4 is 26.8 Å². The second-order valence-electron chi connectivity index (χ2n) is 6.09. The Kier molecular flexibility index (Phi) is 12.1. The number of carbonyl (C=O) groups is 2. The smallest absolute Gasteiger partial charge is 0.466 e. The molecule has 0 aliphatic heterocycles. The van der Waals surface area contributed by atoms with E-state index in [-0.39, 0.29) is 5.97 Å². The summed E-state index contributed by atoms with van der Waals surface area (Å²) in [5.74, 6) is -0.253. The molecule has 162 valence electrons. The van der Waals surface area contributed by atoms with Crippen LogP contribution in [-0.4, -0.2) is 47.7 Å². The topological polar surface area (TPSA) is 80.3 Å². The maximum atomic E-state index is 12.1. The van der Waals surface area contributed by atoms with Gasteiger partial charge in [0.1, 0.15) is 5.75 Å². The molecule has 0 amide bonds. The molecule has 0 aliphatic rings. The summed E-state index contributed by atoms with van der Waals surface area (Å²) in [7, 11) is -1.34. The molecule has 0 spiro atoms. The lowest BCUT2D eigenvalue weighted by Crippen LogP contribution is -2.45.